The fourth-order valence-electron chi connectivity index (χ4n) is 3.14. The molecule has 1 fully saturated rings. The second-order valence-electron chi connectivity index (χ2n) is 5.97. The lowest BCUT2D eigenvalue weighted by atomic mass is 10.3. The number of fused-ring (bicyclic) bond motifs is 1. The van der Waals surface area contributed by atoms with Gasteiger partial charge in [0.2, 0.25) is 11.8 Å². The maximum Gasteiger partial charge on any atom is 0.228 e. The molecule has 2 aromatic rings. The van der Waals surface area contributed by atoms with E-state index in [0.29, 0.717) is 19.5 Å². The summed E-state index contributed by atoms with van der Waals surface area (Å²) in [6.07, 6.45) is 3.01. The minimum atomic E-state index is 0.150. The van der Waals surface area contributed by atoms with Gasteiger partial charge in [-0.05, 0) is 37.4 Å². The third kappa shape index (κ3) is 2.80. The van der Waals surface area contributed by atoms with Gasteiger partial charge in [0, 0.05) is 4.88 Å². The van der Waals surface area contributed by atoms with E-state index in [1.165, 1.54) is 12.8 Å². The summed E-state index contributed by atoms with van der Waals surface area (Å²) in [5.74, 6) is 1.82. The zero-order valence-electron chi connectivity index (χ0n) is 12.5. The molecule has 0 unspecified atom stereocenters. The van der Waals surface area contributed by atoms with E-state index in [1.807, 2.05) is 22.4 Å². The second kappa shape index (κ2) is 5.85. The van der Waals surface area contributed by atoms with Crippen molar-refractivity contribution in [2.75, 3.05) is 13.1 Å². The molecule has 0 N–H and O–H groups in total. The van der Waals surface area contributed by atoms with Crippen molar-refractivity contribution in [1.29, 1.82) is 0 Å². The smallest absolute Gasteiger partial charge is 0.228 e. The topological polar surface area (TPSA) is 49.6 Å². The van der Waals surface area contributed by atoms with Crippen LogP contribution in [0.3, 0.4) is 0 Å². The summed E-state index contributed by atoms with van der Waals surface area (Å²) in [6, 6.07) is 3.98. The molecule has 0 atom stereocenters. The number of amides is 1. The van der Waals surface area contributed by atoms with E-state index in [2.05, 4.69) is 9.88 Å². The van der Waals surface area contributed by atoms with Gasteiger partial charge in [-0.1, -0.05) is 6.07 Å². The first-order chi connectivity index (χ1) is 10.8. The number of likely N-dealkylation sites (tertiary alicyclic amines) is 1. The highest BCUT2D eigenvalue weighted by molar-refractivity contribution is 7.10. The highest BCUT2D eigenvalue weighted by atomic mass is 32.1. The molecule has 5 nitrogen and oxygen atoms in total. The molecular formula is C16H19N3O2S. The van der Waals surface area contributed by atoms with Crippen molar-refractivity contribution in [3.63, 3.8) is 0 Å². The maximum absolute atomic E-state index is 12.3. The van der Waals surface area contributed by atoms with Gasteiger partial charge in [0.25, 0.3) is 0 Å². The van der Waals surface area contributed by atoms with Crippen LogP contribution in [0.1, 0.15) is 35.1 Å². The number of nitrogens with zero attached hydrogens (tertiary/aromatic N) is 3. The predicted molar refractivity (Wildman–Crippen MR) is 83.3 cm³/mol. The minimum Gasteiger partial charge on any atom is -0.442 e. The highest BCUT2D eigenvalue weighted by Gasteiger charge is 2.29. The molecule has 2 aliphatic rings. The van der Waals surface area contributed by atoms with Gasteiger partial charge in [0.1, 0.15) is 11.5 Å². The van der Waals surface area contributed by atoms with E-state index in [4.69, 9.17) is 4.42 Å². The van der Waals surface area contributed by atoms with Crippen LogP contribution in [0.15, 0.2) is 21.9 Å². The van der Waals surface area contributed by atoms with Crippen molar-refractivity contribution in [1.82, 2.24) is 14.8 Å². The Morgan fingerprint density at radius 2 is 2.18 bits per heavy atom. The molecule has 1 saturated heterocycles. The molecule has 0 saturated carbocycles. The molecule has 0 radical (unpaired) electrons. The number of carbonyl (C=O) groups is 1. The van der Waals surface area contributed by atoms with Crippen LogP contribution >= 0.6 is 11.3 Å². The third-order valence-corrected chi connectivity index (χ3v) is 5.19. The fourth-order valence-corrected chi connectivity index (χ4v) is 3.84. The third-order valence-electron chi connectivity index (χ3n) is 4.31. The molecule has 0 spiro atoms. The summed E-state index contributed by atoms with van der Waals surface area (Å²) in [4.78, 5) is 22.2. The Kier molecular flexibility index (Phi) is 3.72. The van der Waals surface area contributed by atoms with Crippen LogP contribution < -0.4 is 0 Å². The molecule has 22 heavy (non-hydrogen) atoms. The fraction of sp³-hybridized carbons (Fsp3) is 0.500. The predicted octanol–water partition coefficient (Wildman–Crippen LogP) is 2.42. The maximum atomic E-state index is 12.3. The van der Waals surface area contributed by atoms with Crippen LogP contribution in [0.4, 0.5) is 0 Å². The number of carbonyl (C=O) groups excluding carboxylic acids is 1. The Balaban J connectivity index is 1.37. The van der Waals surface area contributed by atoms with Crippen LogP contribution in [-0.4, -0.2) is 33.8 Å². The Bertz CT molecular complexity index is 635. The van der Waals surface area contributed by atoms with Crippen molar-refractivity contribution in [3.8, 4) is 0 Å². The molecule has 0 bridgehead atoms. The van der Waals surface area contributed by atoms with E-state index < -0.39 is 0 Å². The van der Waals surface area contributed by atoms with Gasteiger partial charge in [-0.15, -0.1) is 11.3 Å². The summed E-state index contributed by atoms with van der Waals surface area (Å²) in [6.45, 7) is 4.22. The van der Waals surface area contributed by atoms with Crippen molar-refractivity contribution >= 4 is 17.2 Å². The number of thiophene rings is 1. The van der Waals surface area contributed by atoms with E-state index >= 15 is 0 Å². The molecule has 0 aromatic carbocycles. The summed E-state index contributed by atoms with van der Waals surface area (Å²) in [7, 11) is 0. The average molecular weight is 317 g/mol. The molecule has 2 aliphatic heterocycles. The lowest BCUT2D eigenvalue weighted by molar-refractivity contribution is -0.131. The molecule has 4 rings (SSSR count). The Labute approximate surface area is 133 Å². The SMILES string of the molecule is O=C(Cc1cccs1)N1Cc2nc(CN3CCCC3)oc2C1. The summed E-state index contributed by atoms with van der Waals surface area (Å²) in [5, 5.41) is 2.00. The number of rotatable bonds is 4. The minimum absolute atomic E-state index is 0.150. The summed E-state index contributed by atoms with van der Waals surface area (Å²) >= 11 is 1.62. The van der Waals surface area contributed by atoms with E-state index in [0.717, 1.165) is 41.9 Å². The van der Waals surface area contributed by atoms with Crippen LogP contribution in [0, 0.1) is 0 Å². The van der Waals surface area contributed by atoms with Gasteiger partial charge < -0.3 is 9.32 Å². The normalized spacial score (nSPS) is 18.1. The van der Waals surface area contributed by atoms with Crippen LogP contribution in [0.5, 0.6) is 0 Å². The summed E-state index contributed by atoms with van der Waals surface area (Å²) in [5.41, 5.74) is 0.939. The molecule has 6 heteroatoms. The Morgan fingerprint density at radius 1 is 1.32 bits per heavy atom. The van der Waals surface area contributed by atoms with Gasteiger partial charge in [-0.3, -0.25) is 9.69 Å². The highest BCUT2D eigenvalue weighted by Crippen LogP contribution is 2.25. The first-order valence-corrected chi connectivity index (χ1v) is 8.66. The molecule has 1 amide bonds. The van der Waals surface area contributed by atoms with E-state index in [-0.39, 0.29) is 5.91 Å². The number of oxazole rings is 1. The van der Waals surface area contributed by atoms with Crippen molar-refractivity contribution in [2.45, 2.75) is 38.9 Å². The first-order valence-electron chi connectivity index (χ1n) is 7.78. The molecule has 116 valence electrons. The Hall–Kier alpha value is -1.66. The van der Waals surface area contributed by atoms with E-state index in [1.54, 1.807) is 11.3 Å². The Morgan fingerprint density at radius 3 is 2.91 bits per heavy atom. The molecular weight excluding hydrogens is 298 g/mol. The monoisotopic (exact) mass is 317 g/mol. The number of aromatic nitrogens is 1. The average Bonchev–Trinajstić information content (AvgIpc) is 3.21. The van der Waals surface area contributed by atoms with E-state index in [9.17, 15) is 4.79 Å². The number of hydrogen-bond acceptors (Lipinski definition) is 5. The standard InChI is InChI=1S/C16H19N3O2S/c20-16(8-12-4-3-7-22-12)19-9-13-14(10-19)21-15(17-13)11-18-5-1-2-6-18/h3-4,7H,1-2,5-6,8-11H2. The molecule has 0 aliphatic carbocycles. The number of hydrogen-bond donors (Lipinski definition) is 0. The second-order valence-corrected chi connectivity index (χ2v) is 7.00. The zero-order chi connectivity index (χ0) is 14.9. The molecule has 4 heterocycles. The van der Waals surface area contributed by atoms with Crippen LogP contribution in [0.2, 0.25) is 0 Å². The van der Waals surface area contributed by atoms with Crippen molar-refractivity contribution in [3.05, 3.63) is 39.7 Å². The quantitative estimate of drug-likeness (QED) is 0.869. The summed E-state index contributed by atoms with van der Waals surface area (Å²) < 4.78 is 5.86. The molecule has 2 aromatic heterocycles. The van der Waals surface area contributed by atoms with Gasteiger partial charge >= 0.3 is 0 Å². The zero-order valence-corrected chi connectivity index (χ0v) is 13.3. The van der Waals surface area contributed by atoms with Gasteiger partial charge in [0.05, 0.1) is 26.1 Å². The van der Waals surface area contributed by atoms with Crippen LogP contribution in [0.25, 0.3) is 0 Å². The van der Waals surface area contributed by atoms with Gasteiger partial charge in [-0.25, -0.2) is 4.98 Å². The lowest BCUT2D eigenvalue weighted by Gasteiger charge is -2.15. The van der Waals surface area contributed by atoms with Crippen molar-refractivity contribution in [2.24, 2.45) is 0 Å². The lowest BCUT2D eigenvalue weighted by Crippen LogP contribution is -2.27. The van der Waals surface area contributed by atoms with Crippen LogP contribution in [-0.2, 0) is 30.8 Å². The first kappa shape index (κ1) is 14.0. The largest absolute Gasteiger partial charge is 0.442 e. The van der Waals surface area contributed by atoms with Gasteiger partial charge in [0.15, 0.2) is 0 Å². The van der Waals surface area contributed by atoms with Crippen molar-refractivity contribution < 1.29 is 9.21 Å². The van der Waals surface area contributed by atoms with Gasteiger partial charge in [-0.2, -0.15) is 0 Å².